The third-order valence-electron chi connectivity index (χ3n) is 4.27. The van der Waals surface area contributed by atoms with E-state index in [4.69, 9.17) is 4.74 Å². The van der Waals surface area contributed by atoms with Gasteiger partial charge in [0.05, 0.1) is 18.8 Å². The number of benzene rings is 2. The Morgan fingerprint density at radius 2 is 1.83 bits per heavy atom. The number of nitrogens with zero attached hydrogens (tertiary/aromatic N) is 2. The fourth-order valence-electron chi connectivity index (χ4n) is 2.72. The summed E-state index contributed by atoms with van der Waals surface area (Å²) < 4.78 is 7.39. The van der Waals surface area contributed by atoms with E-state index in [1.807, 2.05) is 55.6 Å². The van der Waals surface area contributed by atoms with E-state index in [-0.39, 0.29) is 18.4 Å². The maximum absolute atomic E-state index is 12.0. The topological polar surface area (TPSA) is 85.2 Å². The van der Waals surface area contributed by atoms with E-state index in [2.05, 4.69) is 15.7 Å². The Morgan fingerprint density at radius 1 is 1.03 bits per heavy atom. The predicted octanol–water partition coefficient (Wildman–Crippen LogP) is 3.09. The Kier molecular flexibility index (Phi) is 7.00. The molecule has 0 saturated carbocycles. The molecule has 0 radical (unpaired) electrons. The molecule has 7 heteroatoms. The van der Waals surface area contributed by atoms with Crippen molar-refractivity contribution in [3.63, 3.8) is 0 Å². The third-order valence-corrected chi connectivity index (χ3v) is 4.27. The van der Waals surface area contributed by atoms with Crippen molar-refractivity contribution in [1.29, 1.82) is 0 Å². The van der Waals surface area contributed by atoms with Gasteiger partial charge in [0.1, 0.15) is 5.75 Å². The number of rotatable bonds is 9. The number of amides is 2. The minimum absolute atomic E-state index is 0.0710. The Morgan fingerprint density at radius 3 is 2.55 bits per heavy atom. The number of carbonyl (C=O) groups is 2. The molecular formula is C22H24N4O3. The van der Waals surface area contributed by atoms with Crippen LogP contribution in [0.1, 0.15) is 18.4 Å². The minimum atomic E-state index is -0.277. The summed E-state index contributed by atoms with van der Waals surface area (Å²) in [6, 6.07) is 16.9. The number of carbonyl (C=O) groups excluding carboxylic acids is 2. The zero-order chi connectivity index (χ0) is 20.5. The summed E-state index contributed by atoms with van der Waals surface area (Å²) in [5, 5.41) is 9.53. The monoisotopic (exact) mass is 392 g/mol. The van der Waals surface area contributed by atoms with E-state index < -0.39 is 0 Å². The molecule has 0 aliphatic rings. The zero-order valence-corrected chi connectivity index (χ0v) is 16.3. The van der Waals surface area contributed by atoms with Crippen LogP contribution < -0.4 is 15.4 Å². The van der Waals surface area contributed by atoms with Gasteiger partial charge < -0.3 is 15.4 Å². The summed E-state index contributed by atoms with van der Waals surface area (Å²) in [6.45, 7) is 2.36. The first kappa shape index (κ1) is 20.1. The van der Waals surface area contributed by atoms with Crippen LogP contribution in [0.5, 0.6) is 5.75 Å². The summed E-state index contributed by atoms with van der Waals surface area (Å²) in [4.78, 5) is 23.9. The standard InChI is InChI=1S/C22H24N4O3/c1-17-6-2-3-7-20(17)29-15-4-8-21(27)23-16-22(28)25-18-9-11-19(12-10-18)26-14-5-13-24-26/h2-3,5-7,9-14H,4,8,15-16H2,1H3,(H,23,27)(H,25,28). The van der Waals surface area contributed by atoms with Crippen LogP contribution in [0.25, 0.3) is 5.69 Å². The first-order valence-corrected chi connectivity index (χ1v) is 9.47. The molecule has 150 valence electrons. The molecule has 2 N–H and O–H groups in total. The average molecular weight is 392 g/mol. The summed E-state index contributed by atoms with van der Waals surface area (Å²) in [7, 11) is 0. The van der Waals surface area contributed by atoms with E-state index in [0.29, 0.717) is 25.1 Å². The number of aryl methyl sites for hydroxylation is 1. The highest BCUT2D eigenvalue weighted by Crippen LogP contribution is 2.16. The Hall–Kier alpha value is -3.61. The van der Waals surface area contributed by atoms with Crippen molar-refractivity contribution < 1.29 is 14.3 Å². The summed E-state index contributed by atoms with van der Waals surface area (Å²) >= 11 is 0. The molecule has 7 nitrogen and oxygen atoms in total. The molecule has 0 unspecified atom stereocenters. The Balaban J connectivity index is 1.33. The molecule has 1 aromatic heterocycles. The highest BCUT2D eigenvalue weighted by molar-refractivity contribution is 5.94. The van der Waals surface area contributed by atoms with Crippen LogP contribution >= 0.6 is 0 Å². The highest BCUT2D eigenvalue weighted by Gasteiger charge is 2.07. The normalized spacial score (nSPS) is 10.4. The Bertz CT molecular complexity index is 937. The average Bonchev–Trinajstić information content (AvgIpc) is 3.26. The molecule has 0 aliphatic carbocycles. The van der Waals surface area contributed by atoms with Gasteiger partial charge in [0.15, 0.2) is 0 Å². The maximum atomic E-state index is 12.0. The molecule has 3 rings (SSSR count). The lowest BCUT2D eigenvalue weighted by Crippen LogP contribution is -2.32. The summed E-state index contributed by atoms with van der Waals surface area (Å²) in [5.41, 5.74) is 2.62. The van der Waals surface area contributed by atoms with Crippen molar-refractivity contribution >= 4 is 17.5 Å². The molecule has 2 amide bonds. The number of aromatic nitrogens is 2. The second-order valence-electron chi connectivity index (χ2n) is 6.54. The van der Waals surface area contributed by atoms with Crippen molar-refractivity contribution in [2.45, 2.75) is 19.8 Å². The molecule has 0 spiro atoms. The van der Waals surface area contributed by atoms with Crippen LogP contribution in [0.4, 0.5) is 5.69 Å². The lowest BCUT2D eigenvalue weighted by atomic mass is 10.2. The number of hydrogen-bond donors (Lipinski definition) is 2. The molecular weight excluding hydrogens is 368 g/mol. The van der Waals surface area contributed by atoms with Crippen molar-refractivity contribution in [3.8, 4) is 11.4 Å². The predicted molar refractivity (Wildman–Crippen MR) is 111 cm³/mol. The summed E-state index contributed by atoms with van der Waals surface area (Å²) in [5.74, 6) is 0.370. The number of para-hydroxylation sites is 1. The largest absolute Gasteiger partial charge is 0.493 e. The van der Waals surface area contributed by atoms with Gasteiger partial charge in [-0.2, -0.15) is 5.10 Å². The lowest BCUT2D eigenvalue weighted by molar-refractivity contribution is -0.124. The number of ether oxygens (including phenoxy) is 1. The fourth-order valence-corrected chi connectivity index (χ4v) is 2.72. The lowest BCUT2D eigenvalue weighted by Gasteiger charge is -2.09. The number of hydrogen-bond acceptors (Lipinski definition) is 4. The van der Waals surface area contributed by atoms with Gasteiger partial charge in [-0.3, -0.25) is 9.59 Å². The number of nitrogens with one attached hydrogen (secondary N) is 2. The molecule has 3 aromatic rings. The fraction of sp³-hybridized carbons (Fsp3) is 0.227. The van der Waals surface area contributed by atoms with E-state index in [1.54, 1.807) is 23.0 Å². The first-order chi connectivity index (χ1) is 14.1. The third kappa shape index (κ3) is 6.21. The molecule has 0 aliphatic heterocycles. The molecule has 0 saturated heterocycles. The van der Waals surface area contributed by atoms with Gasteiger partial charge in [-0.1, -0.05) is 18.2 Å². The molecule has 1 heterocycles. The van der Waals surface area contributed by atoms with Crippen molar-refractivity contribution in [1.82, 2.24) is 15.1 Å². The van der Waals surface area contributed by atoms with Gasteiger partial charge in [0.2, 0.25) is 11.8 Å². The van der Waals surface area contributed by atoms with Gasteiger partial charge >= 0.3 is 0 Å². The first-order valence-electron chi connectivity index (χ1n) is 9.47. The smallest absolute Gasteiger partial charge is 0.243 e. The zero-order valence-electron chi connectivity index (χ0n) is 16.3. The quantitative estimate of drug-likeness (QED) is 0.548. The second-order valence-corrected chi connectivity index (χ2v) is 6.54. The maximum Gasteiger partial charge on any atom is 0.243 e. The van der Waals surface area contributed by atoms with Crippen LogP contribution in [0, 0.1) is 6.92 Å². The van der Waals surface area contributed by atoms with Gasteiger partial charge in [-0.05, 0) is 55.3 Å². The van der Waals surface area contributed by atoms with Gasteiger partial charge in [0, 0.05) is 24.5 Å². The van der Waals surface area contributed by atoms with E-state index >= 15 is 0 Å². The van der Waals surface area contributed by atoms with Crippen LogP contribution in [0.15, 0.2) is 67.0 Å². The van der Waals surface area contributed by atoms with E-state index in [0.717, 1.165) is 17.0 Å². The molecule has 0 bridgehead atoms. The van der Waals surface area contributed by atoms with Crippen LogP contribution in [0.3, 0.4) is 0 Å². The van der Waals surface area contributed by atoms with Crippen LogP contribution in [0.2, 0.25) is 0 Å². The molecule has 0 atom stereocenters. The Labute approximate surface area is 169 Å². The van der Waals surface area contributed by atoms with Gasteiger partial charge in [0.25, 0.3) is 0 Å². The van der Waals surface area contributed by atoms with Crippen LogP contribution in [-0.4, -0.2) is 34.7 Å². The minimum Gasteiger partial charge on any atom is -0.493 e. The molecule has 2 aromatic carbocycles. The van der Waals surface area contributed by atoms with Crippen molar-refractivity contribution in [3.05, 3.63) is 72.6 Å². The number of anilines is 1. The van der Waals surface area contributed by atoms with Gasteiger partial charge in [-0.25, -0.2) is 4.68 Å². The van der Waals surface area contributed by atoms with Crippen molar-refractivity contribution in [2.75, 3.05) is 18.5 Å². The van der Waals surface area contributed by atoms with E-state index in [9.17, 15) is 9.59 Å². The van der Waals surface area contributed by atoms with Crippen LogP contribution in [-0.2, 0) is 9.59 Å². The van der Waals surface area contributed by atoms with Gasteiger partial charge in [-0.15, -0.1) is 0 Å². The van der Waals surface area contributed by atoms with Crippen molar-refractivity contribution in [2.24, 2.45) is 0 Å². The summed E-state index contributed by atoms with van der Waals surface area (Å²) in [6.07, 6.45) is 4.43. The van der Waals surface area contributed by atoms with E-state index in [1.165, 1.54) is 0 Å². The molecule has 0 fully saturated rings. The highest BCUT2D eigenvalue weighted by atomic mass is 16.5. The SMILES string of the molecule is Cc1ccccc1OCCCC(=O)NCC(=O)Nc1ccc(-n2cccn2)cc1. The molecule has 29 heavy (non-hydrogen) atoms. The second kappa shape index (κ2) is 10.1.